The number of aromatic nitrogens is 4. The third-order valence-electron chi connectivity index (χ3n) is 12.4. The lowest BCUT2D eigenvalue weighted by Crippen LogP contribution is -2.51. The highest BCUT2D eigenvalue weighted by Gasteiger charge is 2.39. The predicted molar refractivity (Wildman–Crippen MR) is 235 cm³/mol. The summed E-state index contributed by atoms with van der Waals surface area (Å²) in [4.78, 5) is 77.1. The minimum absolute atomic E-state index is 0.0295. The first-order valence-corrected chi connectivity index (χ1v) is 21.6. The summed E-state index contributed by atoms with van der Waals surface area (Å²) in [6.07, 6.45) is 5.46. The van der Waals surface area contributed by atoms with Gasteiger partial charge >= 0.3 is 6.09 Å². The lowest BCUT2D eigenvalue weighted by atomic mass is 9.97. The summed E-state index contributed by atoms with van der Waals surface area (Å²) in [5.74, 6) is 1.34. The Hall–Kier alpha value is -5.96. The highest BCUT2D eigenvalue weighted by Crippen LogP contribution is 2.35. The third kappa shape index (κ3) is 9.67. The Kier molecular flexibility index (Phi) is 13.9. The van der Waals surface area contributed by atoms with E-state index < -0.39 is 18.2 Å². The first-order chi connectivity index (χ1) is 29.6. The van der Waals surface area contributed by atoms with Gasteiger partial charge in [-0.25, -0.2) is 19.8 Å². The Bertz CT molecular complexity index is 2310. The van der Waals surface area contributed by atoms with Gasteiger partial charge in [0.2, 0.25) is 18.2 Å². The Morgan fingerprint density at radius 3 is 1.90 bits per heavy atom. The molecule has 0 saturated carbocycles. The molecule has 6 atom stereocenters. The molecule has 7 rings (SSSR count). The summed E-state index contributed by atoms with van der Waals surface area (Å²) in [5.41, 5.74) is 6.83. The quantitative estimate of drug-likeness (QED) is 0.0367. The number of fused-ring (bicyclic) bond motifs is 2. The molecule has 2 aromatic heterocycles. The summed E-state index contributed by atoms with van der Waals surface area (Å²) >= 11 is 0. The van der Waals surface area contributed by atoms with Crippen molar-refractivity contribution in [2.24, 2.45) is 16.8 Å². The number of nitrogens with one attached hydrogen (secondary N) is 3. The smallest absolute Gasteiger partial charge is 0.407 e. The van der Waals surface area contributed by atoms with Crippen LogP contribution in [-0.4, -0.2) is 93.4 Å². The molecule has 3 amide bonds. The van der Waals surface area contributed by atoms with Crippen LogP contribution >= 0.6 is 0 Å². The molecule has 0 spiro atoms. The van der Waals surface area contributed by atoms with Crippen LogP contribution in [0.1, 0.15) is 101 Å². The Morgan fingerprint density at radius 1 is 0.820 bits per heavy atom. The van der Waals surface area contributed by atoms with E-state index in [2.05, 4.69) is 91.6 Å². The Morgan fingerprint density at radius 2 is 1.38 bits per heavy atom. The monoisotopic (exact) mass is 833 g/mol. The van der Waals surface area contributed by atoms with Gasteiger partial charge in [-0.2, -0.15) is 4.89 Å². The number of rotatable bonds is 17. The van der Waals surface area contributed by atoms with Crippen molar-refractivity contribution in [1.29, 1.82) is 0 Å². The van der Waals surface area contributed by atoms with Crippen LogP contribution in [0.3, 0.4) is 0 Å². The summed E-state index contributed by atoms with van der Waals surface area (Å²) in [6, 6.07) is 21.3. The molecule has 0 radical (unpaired) electrons. The minimum atomic E-state index is -0.682. The van der Waals surface area contributed by atoms with E-state index >= 15 is 0 Å². The first-order valence-electron chi connectivity index (χ1n) is 21.6. The molecule has 0 bridgehead atoms. The minimum Gasteiger partial charge on any atom is -0.453 e. The number of para-hydroxylation sites is 1. The van der Waals surface area contributed by atoms with Crippen molar-refractivity contribution < 1.29 is 28.9 Å². The van der Waals surface area contributed by atoms with E-state index in [1.165, 1.54) is 20.6 Å². The van der Waals surface area contributed by atoms with Gasteiger partial charge in [-0.15, -0.1) is 0 Å². The summed E-state index contributed by atoms with van der Waals surface area (Å²) < 4.78 is 4.84. The van der Waals surface area contributed by atoms with Gasteiger partial charge in [0.25, 0.3) is 0 Å². The molecule has 324 valence electrons. The van der Waals surface area contributed by atoms with Gasteiger partial charge in [-0.1, -0.05) is 70.9 Å². The van der Waals surface area contributed by atoms with Crippen molar-refractivity contribution in [3.8, 4) is 0 Å². The molecule has 4 heterocycles. The predicted octanol–water partition coefficient (Wildman–Crippen LogP) is 7.76. The zero-order valence-corrected chi connectivity index (χ0v) is 36.1. The molecule has 61 heavy (non-hydrogen) atoms. The van der Waals surface area contributed by atoms with Crippen LogP contribution in [0.5, 0.6) is 0 Å². The van der Waals surface area contributed by atoms with Crippen LogP contribution in [0.25, 0.3) is 22.1 Å². The van der Waals surface area contributed by atoms with Gasteiger partial charge in [-0.3, -0.25) is 9.59 Å². The highest BCUT2D eigenvalue weighted by molar-refractivity contribution is 5.87. The van der Waals surface area contributed by atoms with Crippen LogP contribution in [-0.2, 0) is 37.2 Å². The number of likely N-dealkylation sites (tertiary alicyclic amines) is 2. The number of hydrogen-bond donors (Lipinski definition) is 3. The maximum atomic E-state index is 13.9. The number of imidazole rings is 2. The van der Waals surface area contributed by atoms with Crippen molar-refractivity contribution in [2.75, 3.05) is 32.2 Å². The van der Waals surface area contributed by atoms with E-state index in [1.54, 1.807) is 0 Å². The van der Waals surface area contributed by atoms with Gasteiger partial charge in [0, 0.05) is 31.9 Å². The molecule has 2 aliphatic heterocycles. The number of nitrogens with zero attached hydrogens (tertiary/aromatic N) is 6. The van der Waals surface area contributed by atoms with E-state index in [9.17, 15) is 14.4 Å². The number of anilines is 1. The molecule has 15 nitrogen and oxygen atoms in total. The molecule has 2 saturated heterocycles. The van der Waals surface area contributed by atoms with Gasteiger partial charge < -0.3 is 39.6 Å². The molecule has 15 heteroatoms. The number of alkyl carbamates (subject to hydrolysis) is 1. The normalized spacial score (nSPS) is 18.7. The van der Waals surface area contributed by atoms with E-state index in [0.29, 0.717) is 26.2 Å². The van der Waals surface area contributed by atoms with E-state index in [1.807, 2.05) is 42.7 Å². The number of hydrogen-bond acceptors (Lipinski definition) is 10. The molecule has 5 aromatic rings. The van der Waals surface area contributed by atoms with Crippen LogP contribution < -0.4 is 10.2 Å². The molecule has 3 aromatic carbocycles. The van der Waals surface area contributed by atoms with Crippen LogP contribution in [0.2, 0.25) is 0 Å². The van der Waals surface area contributed by atoms with Crippen molar-refractivity contribution in [3.05, 3.63) is 89.5 Å². The fourth-order valence-electron chi connectivity index (χ4n) is 8.64. The second-order valence-electron chi connectivity index (χ2n) is 16.4. The topological polar surface area (TPSA) is 170 Å². The number of carbonyl (C=O) groups is 3. The van der Waals surface area contributed by atoms with Gasteiger partial charge in [0.15, 0.2) is 0 Å². The maximum Gasteiger partial charge on any atom is 0.407 e. The van der Waals surface area contributed by atoms with Gasteiger partial charge in [-0.05, 0) is 85.0 Å². The van der Waals surface area contributed by atoms with Crippen molar-refractivity contribution in [1.82, 2.24) is 35.1 Å². The molecule has 3 N–H and O–H groups in total. The summed E-state index contributed by atoms with van der Waals surface area (Å²) in [7, 11) is 2.71. The van der Waals surface area contributed by atoms with Gasteiger partial charge in [0.05, 0.1) is 48.4 Å². The number of methoxy groups -OCH3 is 1. The number of carbonyl (C=O) groups excluding carboxylic acids is 3. The third-order valence-corrected chi connectivity index (χ3v) is 12.4. The lowest BCUT2D eigenvalue weighted by Gasteiger charge is -2.30. The number of H-pyrrole nitrogens is 2. The fourth-order valence-corrected chi connectivity index (χ4v) is 8.64. The molecular formula is C46H59N9O6. The summed E-state index contributed by atoms with van der Waals surface area (Å²) in [5, 5.41) is 2.77. The maximum absolute atomic E-state index is 13.9. The van der Waals surface area contributed by atoms with Crippen LogP contribution in [0, 0.1) is 11.8 Å². The Balaban J connectivity index is 1.09. The largest absolute Gasteiger partial charge is 0.453 e. The lowest BCUT2D eigenvalue weighted by molar-refractivity contribution is -0.188. The zero-order valence-electron chi connectivity index (χ0n) is 36.1. The fraction of sp³-hybridized carbons (Fsp3) is 0.478. The first kappa shape index (κ1) is 43.1. The summed E-state index contributed by atoms with van der Waals surface area (Å²) in [6.45, 7) is 10.6. The van der Waals surface area contributed by atoms with Gasteiger partial charge in [0.1, 0.15) is 23.7 Å². The van der Waals surface area contributed by atoms with Crippen molar-refractivity contribution >= 4 is 52.1 Å². The molecule has 2 fully saturated rings. The second kappa shape index (κ2) is 19.6. The SMILES string of the molecule is CC[C@H](C)[C@H](N=COOC)C(=O)N1CCC[C@H]1c1nc2ccc(CN(Cc3ccc4nc([C@@H]5CCCN5C(=O)[C@@H](NC(=O)OC)[C@@H](C)CC)[nH]c4c3)c3ccccc3)cc2[nH]1. The number of amides is 3. The molecular weight excluding hydrogens is 775 g/mol. The van der Waals surface area contributed by atoms with E-state index in [4.69, 9.17) is 19.6 Å². The standard InChI is InChI=1S/C46H59N9O6/c1-7-29(3)40(47-28-61-60-6)44(56)54-22-12-16-38(54)42-48-34-20-18-31(24-36(34)50-42)26-53(33-14-10-9-11-15-33)27-32-19-21-35-37(25-32)51-43(49-35)39-17-13-23-55(39)45(57)41(30(4)8-2)52-46(58)59-5/h9-11,14-15,18-21,24-25,28-30,38-41H,7-8,12-13,16-17,22-23,26-27H2,1-6H3,(H,48,50)(H,49,51)(H,52,58)/t29-,30-,38-,39-,40-,41-/m0/s1. The molecule has 0 unspecified atom stereocenters. The number of benzene rings is 3. The molecule has 2 aliphatic rings. The van der Waals surface area contributed by atoms with Crippen molar-refractivity contribution in [2.45, 2.75) is 103 Å². The molecule has 0 aliphatic carbocycles. The van der Waals surface area contributed by atoms with Crippen molar-refractivity contribution in [3.63, 3.8) is 0 Å². The Labute approximate surface area is 357 Å². The van der Waals surface area contributed by atoms with E-state index in [0.717, 1.165) is 89.1 Å². The van der Waals surface area contributed by atoms with Crippen LogP contribution in [0.4, 0.5) is 10.5 Å². The van der Waals surface area contributed by atoms with E-state index in [-0.39, 0.29) is 35.7 Å². The number of ether oxygens (including phenoxy) is 1. The number of aliphatic imine (C=N–C) groups is 1. The average Bonchev–Trinajstić information content (AvgIpc) is 4.12. The van der Waals surface area contributed by atoms with Crippen LogP contribution in [0.15, 0.2) is 71.7 Å². The number of aromatic amines is 2. The zero-order chi connectivity index (χ0) is 43.0. The highest BCUT2D eigenvalue weighted by atomic mass is 17.2. The average molecular weight is 834 g/mol. The second-order valence-corrected chi connectivity index (χ2v) is 16.4.